The predicted octanol–water partition coefficient (Wildman–Crippen LogP) is 2.40. The van der Waals surface area contributed by atoms with Crippen LogP contribution in [0.4, 0.5) is 0 Å². The fraction of sp³-hybridized carbons (Fsp3) is 0.625. The fourth-order valence-corrected chi connectivity index (χ4v) is 3.99. The maximum atomic E-state index is 2.48. The molecular weight excluding hydrogens is 220 g/mol. The molecule has 3 rings (SSSR count). The highest BCUT2D eigenvalue weighted by atomic mass is 15.1. The lowest BCUT2D eigenvalue weighted by Crippen LogP contribution is -2.45. The lowest BCUT2D eigenvalue weighted by molar-refractivity contribution is 0.172. The van der Waals surface area contributed by atoms with Crippen LogP contribution in [-0.4, -0.2) is 43.5 Å². The minimum Gasteiger partial charge on any atom is -0.306 e. The summed E-state index contributed by atoms with van der Waals surface area (Å²) in [6, 6.07) is 5.53. The number of benzene rings is 1. The van der Waals surface area contributed by atoms with E-state index in [0.29, 0.717) is 12.0 Å². The van der Waals surface area contributed by atoms with Gasteiger partial charge >= 0.3 is 0 Å². The van der Waals surface area contributed by atoms with Crippen LogP contribution >= 0.6 is 0 Å². The average molecular weight is 244 g/mol. The zero-order chi connectivity index (χ0) is 12.9. The molecule has 18 heavy (non-hydrogen) atoms. The molecular formula is C16H24N2. The third-order valence-electron chi connectivity index (χ3n) is 4.65. The highest BCUT2D eigenvalue weighted by Crippen LogP contribution is 2.40. The minimum absolute atomic E-state index is 0.707. The molecule has 0 radical (unpaired) electrons. The molecule has 2 aliphatic rings. The van der Waals surface area contributed by atoms with Crippen LogP contribution in [0.15, 0.2) is 12.1 Å². The van der Waals surface area contributed by atoms with Crippen molar-refractivity contribution < 1.29 is 0 Å². The monoisotopic (exact) mass is 244 g/mol. The molecule has 1 aliphatic heterocycles. The van der Waals surface area contributed by atoms with Crippen molar-refractivity contribution in [2.45, 2.75) is 38.3 Å². The first-order valence-corrected chi connectivity index (χ1v) is 7.03. The van der Waals surface area contributed by atoms with E-state index in [1.807, 2.05) is 0 Å². The first-order valence-electron chi connectivity index (χ1n) is 7.03. The molecule has 98 valence electrons. The number of hydrogen-bond acceptors (Lipinski definition) is 2. The summed E-state index contributed by atoms with van der Waals surface area (Å²) < 4.78 is 0. The Morgan fingerprint density at radius 3 is 2.67 bits per heavy atom. The Kier molecular flexibility index (Phi) is 2.95. The Morgan fingerprint density at radius 2 is 1.94 bits per heavy atom. The Balaban J connectivity index is 2.11. The van der Waals surface area contributed by atoms with Crippen molar-refractivity contribution >= 4 is 0 Å². The SMILES string of the molecule is Cc1cc2c3c(c1)CN(C)CC3C(N(C)C)CC2. The van der Waals surface area contributed by atoms with Crippen molar-refractivity contribution in [2.75, 3.05) is 27.7 Å². The van der Waals surface area contributed by atoms with Crippen molar-refractivity contribution in [1.82, 2.24) is 9.80 Å². The largest absolute Gasteiger partial charge is 0.306 e. The molecule has 0 fully saturated rings. The second-order valence-corrected chi connectivity index (χ2v) is 6.37. The van der Waals surface area contributed by atoms with E-state index in [9.17, 15) is 0 Å². The number of nitrogens with zero attached hydrogens (tertiary/aromatic N) is 2. The number of aryl methyl sites for hydroxylation is 2. The summed E-state index contributed by atoms with van der Waals surface area (Å²) in [6.07, 6.45) is 2.56. The van der Waals surface area contributed by atoms with Crippen molar-refractivity contribution in [3.05, 3.63) is 34.4 Å². The van der Waals surface area contributed by atoms with Crippen LogP contribution in [0.3, 0.4) is 0 Å². The molecule has 0 amide bonds. The van der Waals surface area contributed by atoms with Crippen LogP contribution in [0.2, 0.25) is 0 Å². The third kappa shape index (κ3) is 1.88. The molecule has 0 saturated heterocycles. The van der Waals surface area contributed by atoms with Gasteiger partial charge < -0.3 is 9.80 Å². The van der Waals surface area contributed by atoms with E-state index in [-0.39, 0.29) is 0 Å². The number of rotatable bonds is 1. The summed E-state index contributed by atoms with van der Waals surface area (Å²) in [4.78, 5) is 4.91. The molecule has 0 aromatic heterocycles. The van der Waals surface area contributed by atoms with Crippen LogP contribution in [0.5, 0.6) is 0 Å². The Labute approximate surface area is 111 Å². The lowest BCUT2D eigenvalue weighted by Gasteiger charge is -2.44. The van der Waals surface area contributed by atoms with Gasteiger partial charge in [-0.25, -0.2) is 0 Å². The number of likely N-dealkylation sites (N-methyl/N-ethyl adjacent to an activating group) is 2. The standard InChI is InChI=1S/C16H24N2/c1-11-7-12-5-6-15(17(2)3)14-10-18(4)9-13(8-11)16(12)14/h7-8,14-15H,5-6,9-10H2,1-4H3. The van der Waals surface area contributed by atoms with E-state index in [1.165, 1.54) is 24.9 Å². The second kappa shape index (κ2) is 4.36. The van der Waals surface area contributed by atoms with Gasteiger partial charge in [0.1, 0.15) is 0 Å². The molecule has 1 aliphatic carbocycles. The molecule has 0 saturated carbocycles. The fourth-order valence-electron chi connectivity index (χ4n) is 3.99. The normalized spacial score (nSPS) is 27.4. The van der Waals surface area contributed by atoms with E-state index >= 15 is 0 Å². The lowest BCUT2D eigenvalue weighted by atomic mass is 9.74. The van der Waals surface area contributed by atoms with Gasteiger partial charge in [-0.2, -0.15) is 0 Å². The number of hydrogen-bond donors (Lipinski definition) is 0. The van der Waals surface area contributed by atoms with Crippen LogP contribution in [-0.2, 0) is 13.0 Å². The average Bonchev–Trinajstić information content (AvgIpc) is 2.27. The highest BCUT2D eigenvalue weighted by molar-refractivity contribution is 5.45. The maximum absolute atomic E-state index is 2.48. The molecule has 2 unspecified atom stereocenters. The van der Waals surface area contributed by atoms with Crippen molar-refractivity contribution in [3.8, 4) is 0 Å². The summed E-state index contributed by atoms with van der Waals surface area (Å²) in [5, 5.41) is 0. The minimum atomic E-state index is 0.707. The van der Waals surface area contributed by atoms with Crippen molar-refractivity contribution in [1.29, 1.82) is 0 Å². The van der Waals surface area contributed by atoms with Gasteiger partial charge in [-0.3, -0.25) is 0 Å². The Bertz CT molecular complexity index is 464. The summed E-state index contributed by atoms with van der Waals surface area (Å²) in [5.41, 5.74) is 6.32. The first-order chi connectivity index (χ1) is 8.56. The van der Waals surface area contributed by atoms with E-state index in [2.05, 4.69) is 50.0 Å². The van der Waals surface area contributed by atoms with E-state index < -0.39 is 0 Å². The van der Waals surface area contributed by atoms with Gasteiger partial charge in [-0.1, -0.05) is 17.7 Å². The third-order valence-corrected chi connectivity index (χ3v) is 4.65. The summed E-state index contributed by atoms with van der Waals surface area (Å²) in [5.74, 6) is 0.707. The molecule has 1 heterocycles. The van der Waals surface area contributed by atoms with Crippen LogP contribution < -0.4 is 0 Å². The molecule has 0 N–H and O–H groups in total. The van der Waals surface area contributed by atoms with Gasteiger partial charge in [0.15, 0.2) is 0 Å². The topological polar surface area (TPSA) is 6.48 Å². The molecule has 2 heteroatoms. The van der Waals surface area contributed by atoms with Crippen LogP contribution in [0.1, 0.15) is 34.6 Å². The van der Waals surface area contributed by atoms with Gasteiger partial charge in [0, 0.05) is 25.0 Å². The zero-order valence-electron chi connectivity index (χ0n) is 12.0. The second-order valence-electron chi connectivity index (χ2n) is 6.37. The summed E-state index contributed by atoms with van der Waals surface area (Å²) >= 11 is 0. The zero-order valence-corrected chi connectivity index (χ0v) is 12.0. The predicted molar refractivity (Wildman–Crippen MR) is 76.1 cm³/mol. The summed E-state index contributed by atoms with van der Waals surface area (Å²) in [7, 11) is 6.72. The van der Waals surface area contributed by atoms with Gasteiger partial charge in [0.25, 0.3) is 0 Å². The molecule has 2 nitrogen and oxygen atoms in total. The maximum Gasteiger partial charge on any atom is 0.0234 e. The first kappa shape index (κ1) is 12.2. The van der Waals surface area contributed by atoms with Crippen molar-refractivity contribution in [2.24, 2.45) is 0 Å². The molecule has 2 atom stereocenters. The van der Waals surface area contributed by atoms with Crippen molar-refractivity contribution in [3.63, 3.8) is 0 Å². The highest BCUT2D eigenvalue weighted by Gasteiger charge is 2.36. The molecule has 0 spiro atoms. The van der Waals surface area contributed by atoms with Crippen LogP contribution in [0.25, 0.3) is 0 Å². The molecule has 1 aromatic carbocycles. The van der Waals surface area contributed by atoms with Gasteiger partial charge in [-0.15, -0.1) is 0 Å². The quantitative estimate of drug-likeness (QED) is 0.748. The van der Waals surface area contributed by atoms with Gasteiger partial charge in [-0.05, 0) is 57.6 Å². The Hall–Kier alpha value is -0.860. The smallest absolute Gasteiger partial charge is 0.0234 e. The van der Waals surface area contributed by atoms with E-state index in [4.69, 9.17) is 0 Å². The molecule has 1 aromatic rings. The summed E-state index contributed by atoms with van der Waals surface area (Å²) in [6.45, 7) is 4.57. The van der Waals surface area contributed by atoms with Gasteiger partial charge in [0.2, 0.25) is 0 Å². The van der Waals surface area contributed by atoms with Crippen LogP contribution in [0, 0.1) is 6.92 Å². The molecule has 0 bridgehead atoms. The van der Waals surface area contributed by atoms with E-state index in [1.54, 1.807) is 16.7 Å². The van der Waals surface area contributed by atoms with Gasteiger partial charge in [0.05, 0.1) is 0 Å². The Morgan fingerprint density at radius 1 is 1.22 bits per heavy atom. The van der Waals surface area contributed by atoms with E-state index in [0.717, 1.165) is 6.54 Å².